The summed E-state index contributed by atoms with van der Waals surface area (Å²) in [4.78, 5) is 4.24. The maximum Gasteiger partial charge on any atom is 0.0305 e. The van der Waals surface area contributed by atoms with Gasteiger partial charge in [-0.3, -0.25) is 4.98 Å². The largest absolute Gasteiger partial charge is 0.312 e. The molecule has 2 nitrogen and oxygen atoms in total. The van der Waals surface area contributed by atoms with Crippen molar-refractivity contribution in [2.24, 2.45) is 5.92 Å². The Labute approximate surface area is 106 Å². The van der Waals surface area contributed by atoms with Gasteiger partial charge >= 0.3 is 0 Å². The molecule has 0 aliphatic carbocycles. The molecule has 2 heteroatoms. The number of rotatable bonds is 4. The van der Waals surface area contributed by atoms with Crippen molar-refractivity contribution in [3.8, 4) is 0 Å². The second-order valence-corrected chi connectivity index (χ2v) is 6.13. The van der Waals surface area contributed by atoms with Crippen molar-refractivity contribution in [2.45, 2.75) is 53.0 Å². The molecule has 1 heterocycles. The lowest BCUT2D eigenvalue weighted by Gasteiger charge is -2.27. The molecule has 0 bridgehead atoms. The summed E-state index contributed by atoms with van der Waals surface area (Å²) in [5.41, 5.74) is 2.91. The SMILES string of the molecule is Cc1ccncc1C(C)C(C)CNC(C)(C)C. The van der Waals surface area contributed by atoms with Crippen molar-refractivity contribution in [3.63, 3.8) is 0 Å². The summed E-state index contributed by atoms with van der Waals surface area (Å²) in [6.45, 7) is 14.4. The van der Waals surface area contributed by atoms with E-state index in [2.05, 4.69) is 57.9 Å². The molecule has 0 amide bonds. The Morgan fingerprint density at radius 1 is 1.29 bits per heavy atom. The second kappa shape index (κ2) is 5.63. The molecular weight excluding hydrogens is 208 g/mol. The van der Waals surface area contributed by atoms with Gasteiger partial charge in [-0.15, -0.1) is 0 Å². The standard InChI is InChI=1S/C15H26N2/c1-11-7-8-16-10-14(11)13(3)12(2)9-17-15(4,5)6/h7-8,10,12-13,17H,9H2,1-6H3. The summed E-state index contributed by atoms with van der Waals surface area (Å²) in [5.74, 6) is 1.15. The Morgan fingerprint density at radius 2 is 1.94 bits per heavy atom. The van der Waals surface area contributed by atoms with Crippen LogP contribution in [0.4, 0.5) is 0 Å². The highest BCUT2D eigenvalue weighted by Gasteiger charge is 2.18. The maximum absolute atomic E-state index is 4.24. The molecule has 0 radical (unpaired) electrons. The maximum atomic E-state index is 4.24. The molecule has 0 saturated heterocycles. The van der Waals surface area contributed by atoms with E-state index in [0.29, 0.717) is 11.8 Å². The van der Waals surface area contributed by atoms with Crippen LogP contribution in [0.1, 0.15) is 51.7 Å². The smallest absolute Gasteiger partial charge is 0.0305 e. The average molecular weight is 234 g/mol. The zero-order valence-corrected chi connectivity index (χ0v) is 12.0. The summed E-state index contributed by atoms with van der Waals surface area (Å²) in [6, 6.07) is 2.09. The normalized spacial score (nSPS) is 15.6. The van der Waals surface area contributed by atoms with Crippen molar-refractivity contribution in [2.75, 3.05) is 6.54 Å². The number of hydrogen-bond donors (Lipinski definition) is 1. The molecule has 0 aliphatic heterocycles. The minimum atomic E-state index is 0.192. The predicted molar refractivity (Wildman–Crippen MR) is 74.3 cm³/mol. The number of nitrogens with one attached hydrogen (secondary N) is 1. The van der Waals surface area contributed by atoms with E-state index in [1.54, 1.807) is 0 Å². The highest BCUT2D eigenvalue weighted by Crippen LogP contribution is 2.25. The van der Waals surface area contributed by atoms with Gasteiger partial charge in [-0.25, -0.2) is 0 Å². The van der Waals surface area contributed by atoms with Crippen LogP contribution >= 0.6 is 0 Å². The van der Waals surface area contributed by atoms with E-state index in [4.69, 9.17) is 0 Å². The van der Waals surface area contributed by atoms with Crippen LogP contribution in [0.2, 0.25) is 0 Å². The summed E-state index contributed by atoms with van der Waals surface area (Å²) >= 11 is 0. The van der Waals surface area contributed by atoms with Gasteiger partial charge in [0.05, 0.1) is 0 Å². The number of hydrogen-bond acceptors (Lipinski definition) is 2. The van der Waals surface area contributed by atoms with Crippen LogP contribution in [0.25, 0.3) is 0 Å². The van der Waals surface area contributed by atoms with Crippen LogP contribution in [0.3, 0.4) is 0 Å². The van der Waals surface area contributed by atoms with E-state index in [9.17, 15) is 0 Å². The molecule has 0 aliphatic rings. The number of pyridine rings is 1. The minimum Gasteiger partial charge on any atom is -0.312 e. The van der Waals surface area contributed by atoms with Crippen molar-refractivity contribution < 1.29 is 0 Å². The molecule has 1 aromatic heterocycles. The Hall–Kier alpha value is -0.890. The third-order valence-corrected chi connectivity index (χ3v) is 3.38. The Kier molecular flexibility index (Phi) is 4.70. The molecular formula is C15H26N2. The highest BCUT2D eigenvalue weighted by atomic mass is 14.9. The Morgan fingerprint density at radius 3 is 2.47 bits per heavy atom. The average Bonchev–Trinajstić information content (AvgIpc) is 2.24. The van der Waals surface area contributed by atoms with Gasteiger partial charge in [-0.2, -0.15) is 0 Å². The number of aryl methyl sites for hydroxylation is 1. The van der Waals surface area contributed by atoms with Crippen LogP contribution in [-0.4, -0.2) is 17.1 Å². The number of aromatic nitrogens is 1. The van der Waals surface area contributed by atoms with E-state index in [-0.39, 0.29) is 5.54 Å². The van der Waals surface area contributed by atoms with Crippen LogP contribution in [-0.2, 0) is 0 Å². The summed E-state index contributed by atoms with van der Waals surface area (Å²) in [5, 5.41) is 3.57. The zero-order valence-electron chi connectivity index (χ0n) is 12.0. The van der Waals surface area contributed by atoms with E-state index < -0.39 is 0 Å². The molecule has 0 fully saturated rings. The van der Waals surface area contributed by atoms with Crippen molar-refractivity contribution >= 4 is 0 Å². The third kappa shape index (κ3) is 4.47. The van der Waals surface area contributed by atoms with Crippen molar-refractivity contribution in [3.05, 3.63) is 29.6 Å². The molecule has 1 aromatic rings. The summed E-state index contributed by atoms with van der Waals surface area (Å²) in [6.07, 6.45) is 3.87. The quantitative estimate of drug-likeness (QED) is 0.862. The first-order valence-electron chi connectivity index (χ1n) is 6.47. The molecule has 0 spiro atoms. The molecule has 1 N–H and O–H groups in total. The molecule has 2 atom stereocenters. The van der Waals surface area contributed by atoms with E-state index in [0.717, 1.165) is 6.54 Å². The van der Waals surface area contributed by atoms with Crippen LogP contribution in [0.5, 0.6) is 0 Å². The van der Waals surface area contributed by atoms with Gasteiger partial charge in [0.2, 0.25) is 0 Å². The van der Waals surface area contributed by atoms with Gasteiger partial charge in [0.25, 0.3) is 0 Å². The van der Waals surface area contributed by atoms with E-state index in [1.807, 2.05) is 12.4 Å². The fourth-order valence-corrected chi connectivity index (χ4v) is 1.90. The summed E-state index contributed by atoms with van der Waals surface area (Å²) in [7, 11) is 0. The van der Waals surface area contributed by atoms with Gasteiger partial charge in [0, 0.05) is 17.9 Å². The first-order valence-corrected chi connectivity index (χ1v) is 6.47. The van der Waals surface area contributed by atoms with Gasteiger partial charge < -0.3 is 5.32 Å². The van der Waals surface area contributed by atoms with Crippen LogP contribution in [0.15, 0.2) is 18.5 Å². The fourth-order valence-electron chi connectivity index (χ4n) is 1.90. The fraction of sp³-hybridized carbons (Fsp3) is 0.667. The predicted octanol–water partition coefficient (Wildman–Crippen LogP) is 3.52. The number of nitrogens with zero attached hydrogens (tertiary/aromatic N) is 1. The molecule has 96 valence electrons. The first-order chi connectivity index (χ1) is 7.81. The van der Waals surface area contributed by atoms with E-state index in [1.165, 1.54) is 11.1 Å². The molecule has 17 heavy (non-hydrogen) atoms. The van der Waals surface area contributed by atoms with Crippen LogP contribution < -0.4 is 5.32 Å². The first kappa shape index (κ1) is 14.2. The molecule has 2 unspecified atom stereocenters. The lowest BCUT2D eigenvalue weighted by atomic mass is 9.87. The lowest BCUT2D eigenvalue weighted by Crippen LogP contribution is -2.39. The second-order valence-electron chi connectivity index (χ2n) is 6.13. The summed E-state index contributed by atoms with van der Waals surface area (Å²) < 4.78 is 0. The van der Waals surface area contributed by atoms with Crippen molar-refractivity contribution in [1.82, 2.24) is 10.3 Å². The highest BCUT2D eigenvalue weighted by molar-refractivity contribution is 5.25. The lowest BCUT2D eigenvalue weighted by molar-refractivity contribution is 0.358. The van der Waals surface area contributed by atoms with Gasteiger partial charge in [0.1, 0.15) is 0 Å². The van der Waals surface area contributed by atoms with Gasteiger partial charge in [0.15, 0.2) is 0 Å². The Balaban J connectivity index is 2.64. The van der Waals surface area contributed by atoms with Crippen LogP contribution in [0, 0.1) is 12.8 Å². The molecule has 0 saturated carbocycles. The molecule has 1 rings (SSSR count). The van der Waals surface area contributed by atoms with E-state index >= 15 is 0 Å². The topological polar surface area (TPSA) is 24.9 Å². The Bertz CT molecular complexity index is 352. The monoisotopic (exact) mass is 234 g/mol. The van der Waals surface area contributed by atoms with Gasteiger partial charge in [-0.05, 0) is 63.3 Å². The third-order valence-electron chi connectivity index (χ3n) is 3.38. The van der Waals surface area contributed by atoms with Crippen molar-refractivity contribution in [1.29, 1.82) is 0 Å². The molecule has 0 aromatic carbocycles. The van der Waals surface area contributed by atoms with Gasteiger partial charge in [-0.1, -0.05) is 13.8 Å². The zero-order chi connectivity index (χ0) is 13.1. The minimum absolute atomic E-state index is 0.192.